The van der Waals surface area contributed by atoms with E-state index in [1.807, 2.05) is 49.7 Å². The maximum Gasteiger partial charge on any atom is 0.307 e. The molecule has 0 fully saturated rings. The molecule has 0 aliphatic carbocycles. The lowest BCUT2D eigenvalue weighted by Gasteiger charge is -2.29. The summed E-state index contributed by atoms with van der Waals surface area (Å²) >= 11 is 1.23. The Kier molecular flexibility index (Phi) is 5.46. The molecule has 0 spiro atoms. The number of aryl methyl sites for hydroxylation is 1. The Hall–Kier alpha value is -2.24. The first-order valence-electron chi connectivity index (χ1n) is 8.22. The second-order valence-corrected chi connectivity index (χ2v) is 6.96. The van der Waals surface area contributed by atoms with Crippen molar-refractivity contribution in [1.29, 1.82) is 0 Å². The van der Waals surface area contributed by atoms with Crippen LogP contribution in [-0.2, 0) is 6.54 Å². The van der Waals surface area contributed by atoms with Crippen LogP contribution in [0.2, 0.25) is 0 Å². The van der Waals surface area contributed by atoms with Crippen molar-refractivity contribution < 1.29 is 4.39 Å². The zero-order valence-electron chi connectivity index (χ0n) is 14.4. The molecule has 1 unspecified atom stereocenters. The number of hydrogen-bond donors (Lipinski definition) is 0. The Bertz CT molecular complexity index is 871. The summed E-state index contributed by atoms with van der Waals surface area (Å²) in [6, 6.07) is 16.8. The zero-order chi connectivity index (χ0) is 17.8. The minimum absolute atomic E-state index is 0.0106. The third-order valence-corrected chi connectivity index (χ3v) is 5.28. The number of nitrogens with zero attached hydrogens (tertiary/aromatic N) is 2. The number of likely N-dealkylation sites (N-methyl/N-ethyl adjacent to an activating group) is 1. The Morgan fingerprint density at radius 1 is 1.08 bits per heavy atom. The molecule has 1 aromatic heterocycles. The first-order valence-corrected chi connectivity index (χ1v) is 9.10. The first-order chi connectivity index (χ1) is 12.1. The highest BCUT2D eigenvalue weighted by atomic mass is 32.1. The molecule has 25 heavy (non-hydrogen) atoms. The highest BCUT2D eigenvalue weighted by Crippen LogP contribution is 2.27. The van der Waals surface area contributed by atoms with Gasteiger partial charge in [0, 0.05) is 24.2 Å². The topological polar surface area (TPSA) is 25.2 Å². The maximum absolute atomic E-state index is 13.3. The van der Waals surface area contributed by atoms with Gasteiger partial charge >= 0.3 is 4.87 Å². The number of aromatic nitrogens is 1. The molecule has 0 saturated heterocycles. The third kappa shape index (κ3) is 4.06. The van der Waals surface area contributed by atoms with Gasteiger partial charge in [0.25, 0.3) is 0 Å². The van der Waals surface area contributed by atoms with Crippen LogP contribution in [0.4, 0.5) is 4.39 Å². The van der Waals surface area contributed by atoms with Crippen LogP contribution in [0.1, 0.15) is 22.9 Å². The molecule has 0 saturated carbocycles. The number of hydrogen-bond acceptors (Lipinski definition) is 3. The molecule has 0 N–H and O–H groups in total. The summed E-state index contributed by atoms with van der Waals surface area (Å²) in [4.78, 5) is 14.2. The van der Waals surface area contributed by atoms with Crippen molar-refractivity contribution in [3.63, 3.8) is 0 Å². The van der Waals surface area contributed by atoms with Crippen LogP contribution in [0.25, 0.3) is 0 Å². The van der Waals surface area contributed by atoms with Crippen LogP contribution < -0.4 is 4.87 Å². The second-order valence-electron chi connectivity index (χ2n) is 6.14. The van der Waals surface area contributed by atoms with E-state index in [0.717, 1.165) is 16.8 Å². The molecule has 0 aliphatic rings. The van der Waals surface area contributed by atoms with E-state index in [9.17, 15) is 9.18 Å². The van der Waals surface area contributed by atoms with Crippen molar-refractivity contribution >= 4 is 11.3 Å². The van der Waals surface area contributed by atoms with Crippen molar-refractivity contribution in [3.05, 3.63) is 92.3 Å². The quantitative estimate of drug-likeness (QED) is 0.665. The fourth-order valence-corrected chi connectivity index (χ4v) is 3.80. The van der Waals surface area contributed by atoms with E-state index in [2.05, 4.69) is 17.0 Å². The van der Waals surface area contributed by atoms with Crippen molar-refractivity contribution in [3.8, 4) is 0 Å². The average molecular weight is 356 g/mol. The van der Waals surface area contributed by atoms with Crippen LogP contribution in [-0.4, -0.2) is 23.1 Å². The van der Waals surface area contributed by atoms with Crippen LogP contribution in [0.15, 0.2) is 64.8 Å². The van der Waals surface area contributed by atoms with Crippen LogP contribution >= 0.6 is 11.3 Å². The lowest BCUT2D eigenvalue weighted by molar-refractivity contribution is 0.266. The normalized spacial score (nSPS) is 12.5. The SMILES string of the molecule is Cc1csc(=O)n1CCN(C)C(c1ccccc1)c1ccc(F)cc1. The average Bonchev–Trinajstić information content (AvgIpc) is 2.94. The van der Waals surface area contributed by atoms with E-state index in [1.165, 1.54) is 23.5 Å². The molecule has 3 rings (SSSR count). The summed E-state index contributed by atoms with van der Waals surface area (Å²) in [6.07, 6.45) is 0. The molecule has 3 aromatic rings. The molecule has 1 atom stereocenters. The van der Waals surface area contributed by atoms with Crippen LogP contribution in [0.5, 0.6) is 0 Å². The Morgan fingerprint density at radius 3 is 2.32 bits per heavy atom. The predicted molar refractivity (Wildman–Crippen MR) is 101 cm³/mol. The Labute approximate surface area is 151 Å². The molecule has 1 heterocycles. The highest BCUT2D eigenvalue weighted by molar-refractivity contribution is 7.07. The molecule has 5 heteroatoms. The van der Waals surface area contributed by atoms with E-state index >= 15 is 0 Å². The smallest absolute Gasteiger partial charge is 0.302 e. The monoisotopic (exact) mass is 356 g/mol. The summed E-state index contributed by atoms with van der Waals surface area (Å²) in [6.45, 7) is 3.30. The van der Waals surface area contributed by atoms with Crippen molar-refractivity contribution in [1.82, 2.24) is 9.47 Å². The largest absolute Gasteiger partial charge is 0.307 e. The van der Waals surface area contributed by atoms with Gasteiger partial charge in [0.1, 0.15) is 5.82 Å². The number of rotatable bonds is 6. The summed E-state index contributed by atoms with van der Waals surface area (Å²) in [5, 5.41) is 1.89. The van der Waals surface area contributed by atoms with E-state index in [1.54, 1.807) is 4.57 Å². The molecule has 0 bridgehead atoms. The second kappa shape index (κ2) is 7.76. The van der Waals surface area contributed by atoms with Gasteiger partial charge in [0.2, 0.25) is 0 Å². The van der Waals surface area contributed by atoms with E-state index in [0.29, 0.717) is 13.1 Å². The summed E-state index contributed by atoms with van der Waals surface area (Å²) in [5.41, 5.74) is 3.16. The van der Waals surface area contributed by atoms with Gasteiger partial charge in [-0.15, -0.1) is 0 Å². The molecule has 130 valence electrons. The minimum Gasteiger partial charge on any atom is -0.302 e. The van der Waals surface area contributed by atoms with Crippen LogP contribution in [0.3, 0.4) is 0 Å². The van der Waals surface area contributed by atoms with Gasteiger partial charge in [0.05, 0.1) is 6.04 Å². The number of benzene rings is 2. The standard InChI is InChI=1S/C20H21FN2OS/c1-15-14-25-20(24)23(15)13-12-22(2)19(16-6-4-3-5-7-16)17-8-10-18(21)11-9-17/h3-11,14,19H,12-13H2,1-2H3. The number of thiazole rings is 1. The maximum atomic E-state index is 13.3. The van der Waals surface area contributed by atoms with Gasteiger partial charge in [-0.2, -0.15) is 0 Å². The molecule has 0 radical (unpaired) electrons. The molecule has 0 amide bonds. The molecule has 2 aromatic carbocycles. The number of halogens is 1. The van der Waals surface area contributed by atoms with E-state index in [-0.39, 0.29) is 16.7 Å². The molecule has 0 aliphatic heterocycles. The third-order valence-electron chi connectivity index (χ3n) is 4.39. The van der Waals surface area contributed by atoms with Gasteiger partial charge in [-0.3, -0.25) is 9.69 Å². The van der Waals surface area contributed by atoms with Crippen molar-refractivity contribution in [2.24, 2.45) is 0 Å². The summed E-state index contributed by atoms with van der Waals surface area (Å²) in [7, 11) is 2.04. The Balaban J connectivity index is 1.86. The van der Waals surface area contributed by atoms with Gasteiger partial charge in [-0.25, -0.2) is 4.39 Å². The lowest BCUT2D eigenvalue weighted by atomic mass is 9.97. The lowest BCUT2D eigenvalue weighted by Crippen LogP contribution is -2.31. The summed E-state index contributed by atoms with van der Waals surface area (Å²) in [5.74, 6) is -0.237. The molecular formula is C20H21FN2OS. The fraction of sp³-hybridized carbons (Fsp3) is 0.250. The first kappa shape index (κ1) is 17.6. The summed E-state index contributed by atoms with van der Waals surface area (Å²) < 4.78 is 15.1. The highest BCUT2D eigenvalue weighted by Gasteiger charge is 2.19. The Morgan fingerprint density at radius 2 is 1.72 bits per heavy atom. The van der Waals surface area contributed by atoms with Gasteiger partial charge in [0.15, 0.2) is 0 Å². The van der Waals surface area contributed by atoms with Crippen molar-refractivity contribution in [2.45, 2.75) is 19.5 Å². The van der Waals surface area contributed by atoms with Crippen LogP contribution in [0, 0.1) is 12.7 Å². The van der Waals surface area contributed by atoms with E-state index < -0.39 is 0 Å². The molecule has 3 nitrogen and oxygen atoms in total. The van der Waals surface area contributed by atoms with Gasteiger partial charge in [-0.05, 0) is 37.2 Å². The minimum atomic E-state index is -0.237. The van der Waals surface area contributed by atoms with E-state index in [4.69, 9.17) is 0 Å². The predicted octanol–water partition coefficient (Wildman–Crippen LogP) is 4.08. The van der Waals surface area contributed by atoms with Gasteiger partial charge in [-0.1, -0.05) is 53.8 Å². The fourth-order valence-electron chi connectivity index (χ4n) is 3.04. The zero-order valence-corrected chi connectivity index (χ0v) is 15.2. The van der Waals surface area contributed by atoms with Gasteiger partial charge < -0.3 is 4.57 Å². The molecular weight excluding hydrogens is 335 g/mol. The van der Waals surface area contributed by atoms with Crippen molar-refractivity contribution in [2.75, 3.05) is 13.6 Å².